The van der Waals surface area contributed by atoms with Crippen LogP contribution >= 0.6 is 0 Å². The lowest BCUT2D eigenvalue weighted by Crippen LogP contribution is -2.39. The van der Waals surface area contributed by atoms with E-state index in [1.54, 1.807) is 10.9 Å². The van der Waals surface area contributed by atoms with Gasteiger partial charge in [0, 0.05) is 13.1 Å². The molecule has 0 atom stereocenters. The van der Waals surface area contributed by atoms with E-state index in [1.165, 1.54) is 18.4 Å². The molecule has 6 heteroatoms. The van der Waals surface area contributed by atoms with Crippen molar-refractivity contribution in [2.45, 2.75) is 26.7 Å². The smallest absolute Gasteiger partial charge is 0.273 e. The van der Waals surface area contributed by atoms with E-state index in [2.05, 4.69) is 27.5 Å². The zero-order chi connectivity index (χ0) is 16.9. The average Bonchev–Trinajstić information content (AvgIpc) is 3.07. The highest BCUT2D eigenvalue weighted by molar-refractivity contribution is 5.91. The standard InChI is InChI=1S/C18H25N5O/c1-14-3-5-16(6-4-14)23-13-17(20-21-23)18(24)19-9-12-22-10-7-15(2)8-11-22/h3-6,13,15H,7-12H2,1-2H3,(H,19,24). The molecule has 0 bridgehead atoms. The molecule has 6 nitrogen and oxygen atoms in total. The average molecular weight is 327 g/mol. The van der Waals surface area contributed by atoms with Gasteiger partial charge in [0.15, 0.2) is 5.69 Å². The lowest BCUT2D eigenvalue weighted by atomic mass is 9.99. The zero-order valence-electron chi connectivity index (χ0n) is 14.4. The predicted molar refractivity (Wildman–Crippen MR) is 93.3 cm³/mol. The van der Waals surface area contributed by atoms with E-state index < -0.39 is 0 Å². The summed E-state index contributed by atoms with van der Waals surface area (Å²) in [6, 6.07) is 7.94. The van der Waals surface area contributed by atoms with Crippen LogP contribution in [0.4, 0.5) is 0 Å². The second-order valence-electron chi connectivity index (χ2n) is 6.66. The topological polar surface area (TPSA) is 63.1 Å². The molecule has 0 unspecified atom stereocenters. The lowest BCUT2D eigenvalue weighted by molar-refractivity contribution is 0.0939. The number of aryl methyl sites for hydroxylation is 1. The number of aromatic nitrogens is 3. The van der Waals surface area contributed by atoms with Gasteiger partial charge in [-0.25, -0.2) is 4.68 Å². The van der Waals surface area contributed by atoms with Crippen LogP contribution in [0.3, 0.4) is 0 Å². The van der Waals surface area contributed by atoms with Gasteiger partial charge in [0.2, 0.25) is 0 Å². The number of piperidine rings is 1. The van der Waals surface area contributed by atoms with Gasteiger partial charge in [-0.1, -0.05) is 29.8 Å². The summed E-state index contributed by atoms with van der Waals surface area (Å²) in [5, 5.41) is 11.0. The van der Waals surface area contributed by atoms with Crippen LogP contribution < -0.4 is 5.32 Å². The van der Waals surface area contributed by atoms with Gasteiger partial charge in [-0.3, -0.25) is 4.79 Å². The fourth-order valence-electron chi connectivity index (χ4n) is 2.90. The number of carbonyl (C=O) groups is 1. The zero-order valence-corrected chi connectivity index (χ0v) is 14.4. The minimum absolute atomic E-state index is 0.168. The third-order valence-corrected chi connectivity index (χ3v) is 4.61. The third-order valence-electron chi connectivity index (χ3n) is 4.61. The summed E-state index contributed by atoms with van der Waals surface area (Å²) >= 11 is 0. The Labute approximate surface area is 142 Å². The molecule has 24 heavy (non-hydrogen) atoms. The molecule has 1 aliphatic rings. The van der Waals surface area contributed by atoms with E-state index in [0.29, 0.717) is 12.2 Å². The number of nitrogens with zero attached hydrogens (tertiary/aromatic N) is 4. The first kappa shape index (κ1) is 16.6. The Morgan fingerprint density at radius 3 is 2.67 bits per heavy atom. The molecule has 3 rings (SSSR count). The van der Waals surface area contributed by atoms with Crippen LogP contribution in [0, 0.1) is 12.8 Å². The summed E-state index contributed by atoms with van der Waals surface area (Å²) in [6.07, 6.45) is 4.17. The monoisotopic (exact) mass is 327 g/mol. The number of amides is 1. The van der Waals surface area contributed by atoms with Crippen molar-refractivity contribution in [1.29, 1.82) is 0 Å². The maximum Gasteiger partial charge on any atom is 0.273 e. The Morgan fingerprint density at radius 1 is 1.25 bits per heavy atom. The van der Waals surface area contributed by atoms with Crippen molar-refractivity contribution >= 4 is 5.91 Å². The lowest BCUT2D eigenvalue weighted by Gasteiger charge is -2.30. The Hall–Kier alpha value is -2.21. The largest absolute Gasteiger partial charge is 0.349 e. The molecule has 1 aromatic heterocycles. The van der Waals surface area contributed by atoms with Crippen LogP contribution in [0.2, 0.25) is 0 Å². The highest BCUT2D eigenvalue weighted by Gasteiger charge is 2.16. The SMILES string of the molecule is Cc1ccc(-n2cc(C(=O)NCCN3CCC(C)CC3)nn2)cc1. The van der Waals surface area contributed by atoms with E-state index >= 15 is 0 Å². The van der Waals surface area contributed by atoms with Gasteiger partial charge in [0.25, 0.3) is 5.91 Å². The van der Waals surface area contributed by atoms with Crippen molar-refractivity contribution in [3.8, 4) is 5.69 Å². The molecule has 1 N–H and O–H groups in total. The van der Waals surface area contributed by atoms with Crippen molar-refractivity contribution in [3.63, 3.8) is 0 Å². The highest BCUT2D eigenvalue weighted by atomic mass is 16.2. The molecular weight excluding hydrogens is 302 g/mol. The fourth-order valence-corrected chi connectivity index (χ4v) is 2.90. The molecule has 2 aromatic rings. The van der Waals surface area contributed by atoms with Gasteiger partial charge in [-0.2, -0.15) is 0 Å². The third kappa shape index (κ3) is 4.20. The predicted octanol–water partition coefficient (Wildman–Crippen LogP) is 2.04. The van der Waals surface area contributed by atoms with Gasteiger partial charge >= 0.3 is 0 Å². The number of carbonyl (C=O) groups excluding carboxylic acids is 1. The number of benzene rings is 1. The quantitative estimate of drug-likeness (QED) is 0.913. The van der Waals surface area contributed by atoms with E-state index in [0.717, 1.165) is 31.2 Å². The molecule has 0 saturated carbocycles. The number of rotatable bonds is 5. The fraction of sp³-hybridized carbons (Fsp3) is 0.500. The highest BCUT2D eigenvalue weighted by Crippen LogP contribution is 2.15. The summed E-state index contributed by atoms with van der Waals surface area (Å²) in [7, 11) is 0. The van der Waals surface area contributed by atoms with Crippen molar-refractivity contribution in [1.82, 2.24) is 25.2 Å². The van der Waals surface area contributed by atoms with Crippen molar-refractivity contribution in [3.05, 3.63) is 41.7 Å². The Kier molecular flexibility index (Phi) is 5.25. The van der Waals surface area contributed by atoms with Crippen molar-refractivity contribution in [2.24, 2.45) is 5.92 Å². The Balaban J connectivity index is 1.50. The minimum atomic E-state index is -0.168. The van der Waals surface area contributed by atoms with Crippen LogP contribution in [0.1, 0.15) is 35.8 Å². The van der Waals surface area contributed by atoms with Gasteiger partial charge in [-0.05, 0) is 50.9 Å². The molecule has 1 aliphatic heterocycles. The summed E-state index contributed by atoms with van der Waals surface area (Å²) in [5.74, 6) is 0.659. The molecule has 2 heterocycles. The summed E-state index contributed by atoms with van der Waals surface area (Å²) in [6.45, 7) is 8.12. The maximum atomic E-state index is 12.2. The van der Waals surface area contributed by atoms with Crippen molar-refractivity contribution < 1.29 is 4.79 Å². The molecule has 128 valence electrons. The Bertz CT molecular complexity index is 671. The van der Waals surface area contributed by atoms with Crippen LogP contribution in [-0.4, -0.2) is 52.0 Å². The van der Waals surface area contributed by atoms with E-state index in [4.69, 9.17) is 0 Å². The molecular formula is C18H25N5O. The van der Waals surface area contributed by atoms with Crippen LogP contribution in [-0.2, 0) is 0 Å². The van der Waals surface area contributed by atoms with E-state index in [-0.39, 0.29) is 5.91 Å². The molecule has 0 aliphatic carbocycles. The molecule has 1 saturated heterocycles. The number of hydrogen-bond acceptors (Lipinski definition) is 4. The second kappa shape index (κ2) is 7.57. The van der Waals surface area contributed by atoms with Crippen LogP contribution in [0.25, 0.3) is 5.69 Å². The minimum Gasteiger partial charge on any atom is -0.349 e. The molecule has 0 radical (unpaired) electrons. The molecule has 1 aromatic carbocycles. The van der Waals surface area contributed by atoms with E-state index in [9.17, 15) is 4.79 Å². The van der Waals surface area contributed by atoms with Gasteiger partial charge in [-0.15, -0.1) is 5.10 Å². The summed E-state index contributed by atoms with van der Waals surface area (Å²) < 4.78 is 1.63. The Morgan fingerprint density at radius 2 is 1.96 bits per heavy atom. The van der Waals surface area contributed by atoms with Crippen LogP contribution in [0.15, 0.2) is 30.5 Å². The molecule has 1 amide bonds. The first-order valence-electron chi connectivity index (χ1n) is 8.62. The maximum absolute atomic E-state index is 12.2. The number of nitrogens with one attached hydrogen (secondary N) is 1. The first-order chi connectivity index (χ1) is 11.6. The second-order valence-corrected chi connectivity index (χ2v) is 6.66. The number of hydrogen-bond donors (Lipinski definition) is 1. The van der Waals surface area contributed by atoms with Crippen LogP contribution in [0.5, 0.6) is 0 Å². The summed E-state index contributed by atoms with van der Waals surface area (Å²) in [5.41, 5.74) is 2.43. The first-order valence-corrected chi connectivity index (χ1v) is 8.62. The number of likely N-dealkylation sites (tertiary alicyclic amines) is 1. The normalized spacial score (nSPS) is 16.2. The summed E-state index contributed by atoms with van der Waals surface area (Å²) in [4.78, 5) is 14.6. The molecule has 1 fully saturated rings. The van der Waals surface area contributed by atoms with E-state index in [1.807, 2.05) is 31.2 Å². The van der Waals surface area contributed by atoms with Gasteiger partial charge < -0.3 is 10.2 Å². The molecule has 0 spiro atoms. The van der Waals surface area contributed by atoms with Gasteiger partial charge in [0.05, 0.1) is 11.9 Å². The van der Waals surface area contributed by atoms with Gasteiger partial charge in [0.1, 0.15) is 0 Å². The van der Waals surface area contributed by atoms with Crippen molar-refractivity contribution in [2.75, 3.05) is 26.2 Å².